The summed E-state index contributed by atoms with van der Waals surface area (Å²) in [7, 11) is 0. The number of rotatable bonds is 67. The molecule has 0 bridgehead atoms. The number of ether oxygens (including phenoxy) is 3. The zero-order valence-electron chi connectivity index (χ0n) is 53.7. The third kappa shape index (κ3) is 66.6. The van der Waals surface area contributed by atoms with E-state index in [0.29, 0.717) is 19.3 Å². The van der Waals surface area contributed by atoms with Gasteiger partial charge in [0.15, 0.2) is 6.10 Å². The van der Waals surface area contributed by atoms with Crippen molar-refractivity contribution in [2.24, 2.45) is 0 Å². The molecule has 0 aromatic carbocycles. The number of allylic oxidation sites excluding steroid dienone is 4. The molecular formula is C73H138O6. The van der Waals surface area contributed by atoms with E-state index in [0.717, 1.165) is 57.8 Å². The van der Waals surface area contributed by atoms with Crippen molar-refractivity contribution >= 4 is 17.9 Å². The third-order valence-corrected chi connectivity index (χ3v) is 16.4. The van der Waals surface area contributed by atoms with Gasteiger partial charge in [-0.05, 0) is 70.6 Å². The van der Waals surface area contributed by atoms with Crippen LogP contribution in [0.1, 0.15) is 406 Å². The molecular weight excluding hydrogens is 973 g/mol. The topological polar surface area (TPSA) is 78.9 Å². The second-order valence-electron chi connectivity index (χ2n) is 24.5. The summed E-state index contributed by atoms with van der Waals surface area (Å²) in [4.78, 5) is 38.5. The molecule has 1 unspecified atom stereocenters. The standard InChI is InChI=1S/C73H138O6/c1-4-7-10-13-16-19-22-25-28-31-34-36-38-39-42-45-48-51-54-57-60-63-66-72(75)78-69-70(68-77-71(74)65-62-59-56-53-50-47-44-41-33-30-27-24-21-18-15-12-9-6-3)79-73(76)67-64-61-58-55-52-49-46-43-40-37-35-32-29-26-23-20-17-14-11-8-5-2/h30,32-33,35,70H,4-29,31,34,36-69H2,1-3H3/b33-30-,35-32-. The molecule has 0 radical (unpaired) electrons. The van der Waals surface area contributed by atoms with Crippen LogP contribution in [0, 0.1) is 0 Å². The van der Waals surface area contributed by atoms with Gasteiger partial charge in [0, 0.05) is 19.3 Å². The van der Waals surface area contributed by atoms with Gasteiger partial charge in [0.1, 0.15) is 13.2 Å². The van der Waals surface area contributed by atoms with Crippen molar-refractivity contribution in [2.45, 2.75) is 412 Å². The Balaban J connectivity index is 4.30. The van der Waals surface area contributed by atoms with E-state index in [9.17, 15) is 14.4 Å². The summed E-state index contributed by atoms with van der Waals surface area (Å²) in [5.74, 6) is -0.841. The van der Waals surface area contributed by atoms with Gasteiger partial charge in [0.25, 0.3) is 0 Å². The van der Waals surface area contributed by atoms with Gasteiger partial charge in [-0.1, -0.05) is 340 Å². The Morgan fingerprint density at radius 3 is 0.633 bits per heavy atom. The van der Waals surface area contributed by atoms with Gasteiger partial charge < -0.3 is 14.2 Å². The van der Waals surface area contributed by atoms with Crippen LogP contribution in [0.5, 0.6) is 0 Å². The molecule has 0 saturated carbocycles. The van der Waals surface area contributed by atoms with Crippen molar-refractivity contribution in [3.63, 3.8) is 0 Å². The smallest absolute Gasteiger partial charge is 0.306 e. The minimum absolute atomic E-state index is 0.0677. The Labute approximate surface area is 493 Å². The normalized spacial score (nSPS) is 12.1. The zero-order chi connectivity index (χ0) is 57.1. The Kier molecular flexibility index (Phi) is 66.6. The van der Waals surface area contributed by atoms with Crippen molar-refractivity contribution in [1.82, 2.24) is 0 Å². The maximum atomic E-state index is 13.0. The van der Waals surface area contributed by atoms with Crippen molar-refractivity contribution < 1.29 is 28.6 Å². The van der Waals surface area contributed by atoms with Gasteiger partial charge in [-0.15, -0.1) is 0 Å². The lowest BCUT2D eigenvalue weighted by Crippen LogP contribution is -2.30. The van der Waals surface area contributed by atoms with Crippen molar-refractivity contribution in [1.29, 1.82) is 0 Å². The number of hydrogen-bond donors (Lipinski definition) is 0. The molecule has 0 amide bonds. The monoisotopic (exact) mass is 1110 g/mol. The molecule has 0 saturated heterocycles. The van der Waals surface area contributed by atoms with Gasteiger partial charge >= 0.3 is 17.9 Å². The van der Waals surface area contributed by atoms with E-state index >= 15 is 0 Å². The zero-order valence-corrected chi connectivity index (χ0v) is 53.7. The van der Waals surface area contributed by atoms with Gasteiger partial charge in [0.2, 0.25) is 0 Å². The van der Waals surface area contributed by atoms with E-state index in [-0.39, 0.29) is 31.1 Å². The largest absolute Gasteiger partial charge is 0.462 e. The Morgan fingerprint density at radius 2 is 0.418 bits per heavy atom. The average Bonchev–Trinajstić information content (AvgIpc) is 3.45. The highest BCUT2D eigenvalue weighted by molar-refractivity contribution is 5.71. The molecule has 0 fully saturated rings. The lowest BCUT2D eigenvalue weighted by Gasteiger charge is -2.18. The number of carbonyl (C=O) groups is 3. The van der Waals surface area contributed by atoms with Crippen molar-refractivity contribution in [3.05, 3.63) is 24.3 Å². The van der Waals surface area contributed by atoms with E-state index in [4.69, 9.17) is 14.2 Å². The van der Waals surface area contributed by atoms with Gasteiger partial charge in [-0.3, -0.25) is 14.4 Å². The summed E-state index contributed by atoms with van der Waals surface area (Å²) in [5, 5.41) is 0. The van der Waals surface area contributed by atoms with E-state index < -0.39 is 6.10 Å². The van der Waals surface area contributed by atoms with Crippen LogP contribution in [0.4, 0.5) is 0 Å². The second kappa shape index (κ2) is 68.4. The van der Waals surface area contributed by atoms with Gasteiger partial charge in [-0.2, -0.15) is 0 Å². The Morgan fingerprint density at radius 1 is 0.241 bits per heavy atom. The van der Waals surface area contributed by atoms with Gasteiger partial charge in [0.05, 0.1) is 0 Å². The molecule has 0 aliphatic rings. The molecule has 6 nitrogen and oxygen atoms in total. The molecule has 0 spiro atoms. The number of hydrogen-bond acceptors (Lipinski definition) is 6. The quantitative estimate of drug-likeness (QED) is 0.0261. The lowest BCUT2D eigenvalue weighted by atomic mass is 10.0. The predicted octanol–water partition coefficient (Wildman–Crippen LogP) is 24.6. The maximum absolute atomic E-state index is 13.0. The van der Waals surface area contributed by atoms with E-state index in [1.165, 1.54) is 308 Å². The van der Waals surface area contributed by atoms with Crippen molar-refractivity contribution in [3.8, 4) is 0 Å². The minimum Gasteiger partial charge on any atom is -0.462 e. The summed E-state index contributed by atoms with van der Waals surface area (Å²) in [5.41, 5.74) is 0. The van der Waals surface area contributed by atoms with Crippen LogP contribution in [0.25, 0.3) is 0 Å². The SMILES string of the molecule is CCCCCCCCC/C=C\CCCCCCCCCC(=O)OCC(COC(=O)CCCCCCCCCCCCCCCCCCCCCCCC)OC(=O)CCCCCCCCCCC/C=C\CCCCCCCCCC. The van der Waals surface area contributed by atoms with Crippen LogP contribution < -0.4 is 0 Å². The van der Waals surface area contributed by atoms with Gasteiger partial charge in [-0.25, -0.2) is 0 Å². The highest BCUT2D eigenvalue weighted by Crippen LogP contribution is 2.19. The van der Waals surface area contributed by atoms with Crippen LogP contribution in [0.15, 0.2) is 24.3 Å². The number of esters is 3. The summed E-state index contributed by atoms with van der Waals surface area (Å²) in [6.45, 7) is 6.72. The molecule has 0 heterocycles. The second-order valence-corrected chi connectivity index (χ2v) is 24.5. The molecule has 0 aliphatic heterocycles. The molecule has 1 atom stereocenters. The fraction of sp³-hybridized carbons (Fsp3) is 0.904. The molecule has 79 heavy (non-hydrogen) atoms. The van der Waals surface area contributed by atoms with Crippen LogP contribution in [-0.2, 0) is 28.6 Å². The van der Waals surface area contributed by atoms with E-state index in [2.05, 4.69) is 45.1 Å². The highest BCUT2D eigenvalue weighted by atomic mass is 16.6. The molecule has 0 aromatic rings. The molecule has 0 rings (SSSR count). The lowest BCUT2D eigenvalue weighted by molar-refractivity contribution is -0.167. The summed E-state index contributed by atoms with van der Waals surface area (Å²) in [6, 6.07) is 0. The Bertz CT molecular complexity index is 1270. The highest BCUT2D eigenvalue weighted by Gasteiger charge is 2.19. The van der Waals surface area contributed by atoms with Crippen LogP contribution in [0.2, 0.25) is 0 Å². The number of carbonyl (C=O) groups excluding carboxylic acids is 3. The van der Waals surface area contributed by atoms with Crippen LogP contribution >= 0.6 is 0 Å². The molecule has 466 valence electrons. The van der Waals surface area contributed by atoms with E-state index in [1.54, 1.807) is 0 Å². The first-order valence-corrected chi connectivity index (χ1v) is 35.8. The Hall–Kier alpha value is -2.11. The minimum atomic E-state index is -0.773. The summed E-state index contributed by atoms with van der Waals surface area (Å²) < 4.78 is 17.0. The average molecular weight is 1110 g/mol. The van der Waals surface area contributed by atoms with Crippen LogP contribution in [0.3, 0.4) is 0 Å². The third-order valence-electron chi connectivity index (χ3n) is 16.4. The van der Waals surface area contributed by atoms with E-state index in [1.807, 2.05) is 0 Å². The fourth-order valence-electron chi connectivity index (χ4n) is 11.0. The first kappa shape index (κ1) is 76.9. The van der Waals surface area contributed by atoms with Crippen LogP contribution in [-0.4, -0.2) is 37.2 Å². The first-order valence-electron chi connectivity index (χ1n) is 35.8. The predicted molar refractivity (Wildman–Crippen MR) is 344 cm³/mol. The molecule has 6 heteroatoms. The summed E-state index contributed by atoms with van der Waals surface area (Å²) in [6.07, 6.45) is 83.4. The summed E-state index contributed by atoms with van der Waals surface area (Å²) >= 11 is 0. The maximum Gasteiger partial charge on any atom is 0.306 e. The molecule has 0 N–H and O–H groups in total. The molecule has 0 aromatic heterocycles. The fourth-order valence-corrected chi connectivity index (χ4v) is 11.0. The van der Waals surface area contributed by atoms with Crippen molar-refractivity contribution in [2.75, 3.05) is 13.2 Å². The molecule has 0 aliphatic carbocycles. The number of unbranched alkanes of at least 4 members (excludes halogenated alkanes) is 52. The first-order chi connectivity index (χ1) is 39.0.